The minimum absolute atomic E-state index is 0. The van der Waals surface area contributed by atoms with E-state index in [1.165, 1.54) is 0 Å². The fourth-order valence-corrected chi connectivity index (χ4v) is 0. The number of hydrogen-bond donors (Lipinski definition) is 0. The summed E-state index contributed by atoms with van der Waals surface area (Å²) in [5.74, 6) is 0. The zero-order valence-corrected chi connectivity index (χ0v) is 1.02. The summed E-state index contributed by atoms with van der Waals surface area (Å²) in [5, 5.41) is 6.50. The molecule has 0 saturated carbocycles. The van der Waals surface area contributed by atoms with Crippen LogP contribution in [0.3, 0.4) is 0 Å². The first kappa shape index (κ1) is 23.1. The number of nitrogens with zero attached hydrogens (tertiary/aromatic N) is 1. The molecule has 0 atom stereocenters. The summed E-state index contributed by atoms with van der Waals surface area (Å²) in [7, 11) is 0. The van der Waals surface area contributed by atoms with E-state index < -0.39 is 0 Å². The van der Waals surface area contributed by atoms with E-state index in [2.05, 4.69) is 6.57 Å². The summed E-state index contributed by atoms with van der Waals surface area (Å²) in [6, 6.07) is 0. The van der Waals surface area contributed by atoms with Crippen molar-refractivity contribution < 1.29 is 0 Å². The monoisotopic (exact) mass is 65.0 g/mol. The molecule has 0 amide bonds. The number of nitriles is 1. The van der Waals surface area contributed by atoms with E-state index in [1.54, 1.807) is 0 Å². The van der Waals surface area contributed by atoms with Crippen LogP contribution >= 0.6 is 0 Å². The predicted octanol–water partition coefficient (Wildman–Crippen LogP) is -1.69. The molecule has 0 radical (unpaired) electrons. The summed E-state index contributed by atoms with van der Waals surface area (Å²) in [4.78, 5) is 0. The Morgan fingerprint density at radius 1 is 1.25 bits per heavy atom. The molecule has 0 saturated heterocycles. The van der Waals surface area contributed by atoms with E-state index in [0.29, 0.717) is 0 Å². The van der Waals surface area contributed by atoms with Gasteiger partial charge in [0.05, 0.1) is 0 Å². The Morgan fingerprint density at radius 2 is 1.25 bits per heavy atom. The minimum atomic E-state index is 0. The van der Waals surface area contributed by atoms with Gasteiger partial charge in [0.15, 0.2) is 17.4 Å². The first-order valence-electron chi connectivity index (χ1n) is 0.258. The second-order valence-electron chi connectivity index (χ2n) is 0. The average Bonchev–Trinajstić information content (AvgIpc) is 1.00. The zero-order chi connectivity index (χ0) is 2.00. The van der Waals surface area contributed by atoms with Gasteiger partial charge in [-0.2, -0.15) is 0 Å². The van der Waals surface area contributed by atoms with Crippen molar-refractivity contribution >= 4 is 36.2 Å². The topological polar surface area (TPSA) is 23.8 Å². The molecule has 0 aliphatic carbocycles. The van der Waals surface area contributed by atoms with Crippen LogP contribution in [0.4, 0.5) is 0 Å². The van der Waals surface area contributed by atoms with Gasteiger partial charge in [0.1, 0.15) is 0 Å². The molecule has 0 aliphatic heterocycles. The van der Waals surface area contributed by atoms with Crippen molar-refractivity contribution in [1.29, 1.82) is 5.26 Å². The van der Waals surface area contributed by atoms with Gasteiger partial charge in [-0.25, -0.2) is 5.26 Å². The molecule has 0 fully saturated rings. The van der Waals surface area contributed by atoms with Crippen LogP contribution in [0, 0.1) is 11.8 Å². The van der Waals surface area contributed by atoms with Crippen LogP contribution in [-0.2, 0) is 0 Å². The van der Waals surface area contributed by atoms with Gasteiger partial charge in [0.2, 0.25) is 0 Å². The fourth-order valence-electron chi connectivity index (χ4n) is 0. The quantitative estimate of drug-likeness (QED) is 0.309. The molecule has 4 heavy (non-hydrogen) atoms. The van der Waals surface area contributed by atoms with Crippen molar-refractivity contribution in [3.63, 3.8) is 0 Å². The van der Waals surface area contributed by atoms with Crippen LogP contribution in [-0.4, -0.2) is 36.2 Å². The SMILES string of the molecule is C#N.[AlH3].[LiH]. The molecule has 3 heteroatoms. The maximum absolute atomic E-state index is 6.50. The third kappa shape index (κ3) is 17.9. The van der Waals surface area contributed by atoms with Gasteiger partial charge < -0.3 is 0 Å². The third-order valence-corrected chi connectivity index (χ3v) is 0. The Hall–Kier alpha value is 0.620. The van der Waals surface area contributed by atoms with Crippen molar-refractivity contribution in [3.8, 4) is 6.57 Å². The van der Waals surface area contributed by atoms with E-state index in [9.17, 15) is 0 Å². The van der Waals surface area contributed by atoms with Gasteiger partial charge in [-0.1, -0.05) is 0 Å². The summed E-state index contributed by atoms with van der Waals surface area (Å²) in [6.07, 6.45) is 0. The Morgan fingerprint density at radius 3 is 1.25 bits per heavy atom. The maximum atomic E-state index is 6.50. The summed E-state index contributed by atoms with van der Waals surface area (Å²) < 4.78 is 0. The molecular formula is CH5AlLiN. The van der Waals surface area contributed by atoms with E-state index in [1.807, 2.05) is 0 Å². The van der Waals surface area contributed by atoms with Crippen LogP contribution in [0.25, 0.3) is 0 Å². The molecular weight excluding hydrogens is 59.9 g/mol. The molecule has 0 bridgehead atoms. The molecule has 0 spiro atoms. The fraction of sp³-hybridized carbons (Fsp3) is 0. The van der Waals surface area contributed by atoms with Gasteiger partial charge in [-0.15, -0.1) is 0 Å². The van der Waals surface area contributed by atoms with E-state index >= 15 is 0 Å². The third-order valence-electron chi connectivity index (χ3n) is 0. The first-order valence-corrected chi connectivity index (χ1v) is 0.258. The molecule has 0 aliphatic rings. The molecule has 0 aromatic carbocycles. The Balaban J connectivity index is -0.00000000500. The molecule has 0 aromatic heterocycles. The predicted molar refractivity (Wildman–Crippen MR) is 23.8 cm³/mol. The molecule has 1 nitrogen and oxygen atoms in total. The molecule has 0 rings (SSSR count). The molecule has 18 valence electrons. The summed E-state index contributed by atoms with van der Waals surface area (Å²) in [6.45, 7) is 3.50. The molecule has 0 unspecified atom stereocenters. The summed E-state index contributed by atoms with van der Waals surface area (Å²) >= 11 is 0. The van der Waals surface area contributed by atoms with Crippen molar-refractivity contribution in [3.05, 3.63) is 0 Å². The Labute approximate surface area is 48.3 Å². The van der Waals surface area contributed by atoms with Crippen molar-refractivity contribution in [1.82, 2.24) is 0 Å². The number of hydrogen-bond acceptors (Lipinski definition) is 1. The number of rotatable bonds is 0. The van der Waals surface area contributed by atoms with Gasteiger partial charge in [-0.05, 0) is 0 Å². The van der Waals surface area contributed by atoms with E-state index in [-0.39, 0.29) is 36.2 Å². The molecule has 0 heterocycles. The van der Waals surface area contributed by atoms with Crippen molar-refractivity contribution in [2.24, 2.45) is 0 Å². The van der Waals surface area contributed by atoms with Gasteiger partial charge >= 0.3 is 18.9 Å². The van der Waals surface area contributed by atoms with Crippen molar-refractivity contribution in [2.45, 2.75) is 0 Å². The van der Waals surface area contributed by atoms with Crippen LogP contribution in [0.2, 0.25) is 0 Å². The normalized spacial score (nSPS) is 0.500. The Bertz CT molecular complexity index is 12.8. The summed E-state index contributed by atoms with van der Waals surface area (Å²) in [5.41, 5.74) is 0. The average molecular weight is 65.0 g/mol. The second-order valence-corrected chi connectivity index (χ2v) is 0. The Kier molecular flexibility index (Phi) is 373. The van der Waals surface area contributed by atoms with Gasteiger partial charge in [0, 0.05) is 6.57 Å². The molecule has 0 aromatic rings. The van der Waals surface area contributed by atoms with E-state index in [0.717, 1.165) is 0 Å². The van der Waals surface area contributed by atoms with Crippen LogP contribution < -0.4 is 0 Å². The van der Waals surface area contributed by atoms with E-state index in [4.69, 9.17) is 5.26 Å². The van der Waals surface area contributed by atoms with Gasteiger partial charge in [-0.3, -0.25) is 0 Å². The standard InChI is InChI=1S/CHN.Al.Li.4H/c1-2;;;;;;/h1H;;;;;;. The van der Waals surface area contributed by atoms with Crippen molar-refractivity contribution in [2.75, 3.05) is 0 Å². The van der Waals surface area contributed by atoms with Crippen LogP contribution in [0.1, 0.15) is 0 Å². The molecule has 0 N–H and O–H groups in total. The first-order chi connectivity index (χ1) is 1.00. The second kappa shape index (κ2) is 64.7. The van der Waals surface area contributed by atoms with Crippen LogP contribution in [0.15, 0.2) is 0 Å². The van der Waals surface area contributed by atoms with Gasteiger partial charge in [0.25, 0.3) is 0 Å². The zero-order valence-electron chi connectivity index (χ0n) is 1.02. The van der Waals surface area contributed by atoms with Crippen LogP contribution in [0.5, 0.6) is 0 Å².